The van der Waals surface area contributed by atoms with Gasteiger partial charge in [0.1, 0.15) is 0 Å². The van der Waals surface area contributed by atoms with E-state index in [1.807, 2.05) is 0 Å². The minimum Gasteiger partial charge on any atom is -0.330 e. The highest BCUT2D eigenvalue weighted by Gasteiger charge is 2.32. The van der Waals surface area contributed by atoms with Crippen molar-refractivity contribution in [1.82, 2.24) is 4.90 Å². The van der Waals surface area contributed by atoms with Crippen molar-refractivity contribution in [2.24, 2.45) is 16.6 Å². The predicted octanol–water partition coefficient (Wildman–Crippen LogP) is 3.51. The Balaban J connectivity index is 4.53. The summed E-state index contributed by atoms with van der Waals surface area (Å²) in [5.74, 6) is 0. The molecule has 0 aliphatic carbocycles. The van der Waals surface area contributed by atoms with Crippen LogP contribution in [0.25, 0.3) is 0 Å². The Bertz CT molecular complexity index is 224. The lowest BCUT2D eigenvalue weighted by molar-refractivity contribution is 0.0646. The standard InChI is InChI=1S/C15H34N2/c1-13(2,3)11-15(6,7)17(8)12-14(4,5)9-10-16/h9-12,16H2,1-8H3. The molecule has 0 unspecified atom stereocenters. The number of rotatable bonds is 6. The molecule has 0 spiro atoms. The fraction of sp³-hybridized carbons (Fsp3) is 1.00. The molecule has 0 aromatic rings. The van der Waals surface area contributed by atoms with Gasteiger partial charge in [-0.25, -0.2) is 0 Å². The average Bonchev–Trinajstić information content (AvgIpc) is 1.97. The van der Waals surface area contributed by atoms with Gasteiger partial charge in [-0.2, -0.15) is 0 Å². The second-order valence-electron chi connectivity index (χ2n) is 8.11. The highest BCUT2D eigenvalue weighted by Crippen LogP contribution is 2.32. The van der Waals surface area contributed by atoms with Gasteiger partial charge >= 0.3 is 0 Å². The molecule has 0 saturated carbocycles. The van der Waals surface area contributed by atoms with Gasteiger partial charge in [0, 0.05) is 12.1 Å². The van der Waals surface area contributed by atoms with Crippen LogP contribution < -0.4 is 5.73 Å². The maximum atomic E-state index is 5.68. The molecule has 0 saturated heterocycles. The van der Waals surface area contributed by atoms with E-state index in [9.17, 15) is 0 Å². The van der Waals surface area contributed by atoms with Crippen molar-refractivity contribution < 1.29 is 0 Å². The highest BCUT2D eigenvalue weighted by molar-refractivity contribution is 4.87. The number of hydrogen-bond acceptors (Lipinski definition) is 2. The summed E-state index contributed by atoms with van der Waals surface area (Å²) >= 11 is 0. The molecule has 0 heterocycles. The molecule has 0 fully saturated rings. The summed E-state index contributed by atoms with van der Waals surface area (Å²) < 4.78 is 0. The van der Waals surface area contributed by atoms with Crippen LogP contribution in [0, 0.1) is 10.8 Å². The van der Waals surface area contributed by atoms with Crippen LogP contribution in [-0.2, 0) is 0 Å². The molecule has 0 radical (unpaired) electrons. The number of nitrogens with two attached hydrogens (primary N) is 1. The first-order valence-electron chi connectivity index (χ1n) is 6.81. The molecule has 0 bridgehead atoms. The van der Waals surface area contributed by atoms with E-state index in [-0.39, 0.29) is 5.54 Å². The first-order valence-corrected chi connectivity index (χ1v) is 6.81. The number of nitrogens with zero attached hydrogens (tertiary/aromatic N) is 1. The summed E-state index contributed by atoms with van der Waals surface area (Å²) in [7, 11) is 2.24. The van der Waals surface area contributed by atoms with Crippen LogP contribution in [-0.4, -0.2) is 30.6 Å². The van der Waals surface area contributed by atoms with Crippen LogP contribution in [0.5, 0.6) is 0 Å². The van der Waals surface area contributed by atoms with Crippen molar-refractivity contribution in [2.45, 2.75) is 66.8 Å². The molecule has 0 rings (SSSR count). The van der Waals surface area contributed by atoms with Crippen molar-refractivity contribution in [1.29, 1.82) is 0 Å². The van der Waals surface area contributed by atoms with Crippen LogP contribution >= 0.6 is 0 Å². The zero-order chi connectivity index (χ0) is 13.9. The van der Waals surface area contributed by atoms with Crippen molar-refractivity contribution >= 4 is 0 Å². The summed E-state index contributed by atoms with van der Waals surface area (Å²) in [6.07, 6.45) is 2.29. The third kappa shape index (κ3) is 7.05. The molecule has 0 amide bonds. The normalized spacial score (nSPS) is 14.5. The molecule has 0 atom stereocenters. The first kappa shape index (κ1) is 16.9. The van der Waals surface area contributed by atoms with Crippen molar-refractivity contribution in [3.8, 4) is 0 Å². The van der Waals surface area contributed by atoms with Crippen LogP contribution in [0.4, 0.5) is 0 Å². The van der Waals surface area contributed by atoms with E-state index in [1.54, 1.807) is 0 Å². The van der Waals surface area contributed by atoms with Gasteiger partial charge in [0.05, 0.1) is 0 Å². The smallest absolute Gasteiger partial charge is 0.0155 e. The zero-order valence-corrected chi connectivity index (χ0v) is 13.4. The van der Waals surface area contributed by atoms with Gasteiger partial charge in [0.25, 0.3) is 0 Å². The quantitative estimate of drug-likeness (QED) is 0.772. The Hall–Kier alpha value is -0.0800. The average molecular weight is 242 g/mol. The third-order valence-corrected chi connectivity index (χ3v) is 3.48. The van der Waals surface area contributed by atoms with E-state index in [0.717, 1.165) is 19.5 Å². The Morgan fingerprint density at radius 1 is 0.941 bits per heavy atom. The summed E-state index contributed by atoms with van der Waals surface area (Å²) in [6, 6.07) is 0. The van der Waals surface area contributed by atoms with E-state index in [0.29, 0.717) is 10.8 Å². The maximum Gasteiger partial charge on any atom is 0.0155 e. The number of hydrogen-bond donors (Lipinski definition) is 1. The zero-order valence-electron chi connectivity index (χ0n) is 13.4. The molecule has 2 heteroatoms. The van der Waals surface area contributed by atoms with Gasteiger partial charge < -0.3 is 10.6 Å². The first-order chi connectivity index (χ1) is 7.40. The van der Waals surface area contributed by atoms with Crippen LogP contribution in [0.2, 0.25) is 0 Å². The van der Waals surface area contributed by atoms with E-state index >= 15 is 0 Å². The lowest BCUT2D eigenvalue weighted by Gasteiger charge is -2.43. The van der Waals surface area contributed by atoms with Crippen molar-refractivity contribution in [2.75, 3.05) is 20.1 Å². The highest BCUT2D eigenvalue weighted by atomic mass is 15.2. The molecular weight excluding hydrogens is 208 g/mol. The summed E-state index contributed by atoms with van der Waals surface area (Å²) in [6.45, 7) is 18.1. The van der Waals surface area contributed by atoms with E-state index in [4.69, 9.17) is 5.73 Å². The molecule has 104 valence electrons. The van der Waals surface area contributed by atoms with Gasteiger partial charge in [-0.15, -0.1) is 0 Å². The molecule has 17 heavy (non-hydrogen) atoms. The van der Waals surface area contributed by atoms with Gasteiger partial charge in [-0.3, -0.25) is 0 Å². The molecule has 2 nitrogen and oxygen atoms in total. The predicted molar refractivity (Wildman–Crippen MR) is 78.2 cm³/mol. The van der Waals surface area contributed by atoms with E-state index in [2.05, 4.69) is 60.4 Å². The van der Waals surface area contributed by atoms with Gasteiger partial charge in [0.15, 0.2) is 0 Å². The summed E-state index contributed by atoms with van der Waals surface area (Å²) in [5.41, 5.74) is 6.60. The lowest BCUT2D eigenvalue weighted by atomic mass is 9.79. The van der Waals surface area contributed by atoms with Gasteiger partial charge in [-0.05, 0) is 51.1 Å². The molecule has 0 aromatic carbocycles. The third-order valence-electron chi connectivity index (χ3n) is 3.48. The minimum absolute atomic E-state index is 0.240. The Labute approximate surface area is 109 Å². The van der Waals surface area contributed by atoms with E-state index in [1.165, 1.54) is 6.42 Å². The second kappa shape index (κ2) is 5.71. The Kier molecular flexibility index (Phi) is 5.68. The van der Waals surface area contributed by atoms with Crippen LogP contribution in [0.1, 0.15) is 61.3 Å². The fourth-order valence-electron chi connectivity index (χ4n) is 2.76. The monoisotopic (exact) mass is 242 g/mol. The van der Waals surface area contributed by atoms with E-state index < -0.39 is 0 Å². The topological polar surface area (TPSA) is 29.3 Å². The molecular formula is C15H34N2. The lowest BCUT2D eigenvalue weighted by Crippen LogP contribution is -2.48. The van der Waals surface area contributed by atoms with Gasteiger partial charge in [0.2, 0.25) is 0 Å². The Morgan fingerprint density at radius 2 is 1.41 bits per heavy atom. The van der Waals surface area contributed by atoms with Crippen LogP contribution in [0.15, 0.2) is 0 Å². The summed E-state index contributed by atoms with van der Waals surface area (Å²) in [4.78, 5) is 2.49. The van der Waals surface area contributed by atoms with Crippen molar-refractivity contribution in [3.63, 3.8) is 0 Å². The minimum atomic E-state index is 0.240. The molecule has 0 aliphatic rings. The van der Waals surface area contributed by atoms with Crippen LogP contribution in [0.3, 0.4) is 0 Å². The largest absolute Gasteiger partial charge is 0.330 e. The molecule has 0 aromatic heterocycles. The Morgan fingerprint density at radius 3 is 1.76 bits per heavy atom. The molecule has 2 N–H and O–H groups in total. The molecule has 0 aliphatic heterocycles. The van der Waals surface area contributed by atoms with Gasteiger partial charge in [-0.1, -0.05) is 34.6 Å². The second-order valence-corrected chi connectivity index (χ2v) is 8.11. The summed E-state index contributed by atoms with van der Waals surface area (Å²) in [5, 5.41) is 0. The SMILES string of the molecule is CN(CC(C)(C)CCN)C(C)(C)CC(C)(C)C. The van der Waals surface area contributed by atoms with Crippen molar-refractivity contribution in [3.05, 3.63) is 0 Å². The fourth-order valence-corrected chi connectivity index (χ4v) is 2.76. The maximum absolute atomic E-state index is 5.68.